The summed E-state index contributed by atoms with van der Waals surface area (Å²) in [4.78, 5) is 0. The van der Waals surface area contributed by atoms with Gasteiger partial charge in [0.05, 0.1) is 13.2 Å². The highest BCUT2D eigenvalue weighted by Gasteiger charge is 2.43. The van der Waals surface area contributed by atoms with Gasteiger partial charge in [0.2, 0.25) is 5.11 Å². The minimum Gasteiger partial charge on any atom is -0.394 e. The number of benzene rings is 1. The van der Waals surface area contributed by atoms with Crippen molar-refractivity contribution in [2.45, 2.75) is 37.2 Å². The van der Waals surface area contributed by atoms with Crippen LogP contribution in [0.5, 0.6) is 0 Å². The highest BCUT2D eigenvalue weighted by molar-refractivity contribution is 7.80. The van der Waals surface area contributed by atoms with Crippen LogP contribution >= 0.6 is 23.8 Å². The fraction of sp³-hybridized carbons (Fsp3) is 0.500. The quantitative estimate of drug-likeness (QED) is 0.369. The lowest BCUT2D eigenvalue weighted by Crippen LogP contribution is -2.62. The number of hydrogen-bond acceptors (Lipinski definition) is 7. The summed E-state index contributed by atoms with van der Waals surface area (Å²) in [6.07, 6.45) is -6.49. The Labute approximate surface area is 148 Å². The van der Waals surface area contributed by atoms with E-state index < -0.39 is 37.3 Å². The molecule has 5 N–H and O–H groups in total. The molecular formula is C14H18ClN3O5S. The van der Waals surface area contributed by atoms with E-state index in [9.17, 15) is 15.3 Å². The van der Waals surface area contributed by atoms with Gasteiger partial charge in [-0.25, -0.2) is 0 Å². The van der Waals surface area contributed by atoms with Crippen LogP contribution in [0.4, 0.5) is 0 Å². The van der Waals surface area contributed by atoms with E-state index in [2.05, 4.69) is 15.5 Å². The van der Waals surface area contributed by atoms with E-state index in [1.165, 1.54) is 0 Å². The summed E-state index contributed by atoms with van der Waals surface area (Å²) in [5.41, 5.74) is 0.888. The molecule has 0 aliphatic carbocycles. The molecule has 0 unspecified atom stereocenters. The van der Waals surface area contributed by atoms with Crippen LogP contribution in [-0.2, 0) is 11.3 Å². The van der Waals surface area contributed by atoms with Gasteiger partial charge in [0.15, 0.2) is 6.23 Å². The third kappa shape index (κ3) is 4.90. The first kappa shape index (κ1) is 19.1. The van der Waals surface area contributed by atoms with Crippen LogP contribution in [-0.4, -0.2) is 62.8 Å². The number of nitrogens with one attached hydrogen (secondary N) is 1. The predicted octanol–water partition coefficient (Wildman–Crippen LogP) is -0.0334. The molecule has 0 saturated carbocycles. The Hall–Kier alpha value is -1.20. The molecule has 0 amide bonds. The zero-order valence-electron chi connectivity index (χ0n) is 12.5. The van der Waals surface area contributed by atoms with Crippen molar-refractivity contribution < 1.29 is 25.2 Å². The molecule has 0 spiro atoms. The number of halogens is 1. The van der Waals surface area contributed by atoms with E-state index in [0.29, 0.717) is 5.02 Å². The van der Waals surface area contributed by atoms with Crippen molar-refractivity contribution in [3.05, 3.63) is 34.9 Å². The van der Waals surface area contributed by atoms with E-state index in [1.807, 2.05) is 0 Å². The molecule has 2 rings (SSSR count). The van der Waals surface area contributed by atoms with Gasteiger partial charge in [0.1, 0.15) is 24.4 Å². The second-order valence-corrected chi connectivity index (χ2v) is 6.05. The lowest BCUT2D eigenvalue weighted by atomic mass is 9.98. The maximum absolute atomic E-state index is 9.88. The van der Waals surface area contributed by atoms with Crippen molar-refractivity contribution in [3.63, 3.8) is 0 Å². The zero-order chi connectivity index (χ0) is 17.7. The summed E-state index contributed by atoms with van der Waals surface area (Å²) in [5, 5.41) is 49.2. The molecular weight excluding hydrogens is 358 g/mol. The SMILES string of the molecule is OC[C@H]1O[C@@H](NC(=S)N=NCc2ccc(Cl)cc2)[C@H](O)[C@@H](O)[C@@H]1O. The van der Waals surface area contributed by atoms with Gasteiger partial charge in [0, 0.05) is 5.02 Å². The van der Waals surface area contributed by atoms with E-state index in [0.717, 1.165) is 5.56 Å². The van der Waals surface area contributed by atoms with Crippen LogP contribution < -0.4 is 5.32 Å². The molecule has 1 heterocycles. The number of rotatable bonds is 4. The van der Waals surface area contributed by atoms with Crippen molar-refractivity contribution in [2.24, 2.45) is 10.2 Å². The number of thiocarbonyl (C=S) groups is 1. The van der Waals surface area contributed by atoms with Gasteiger partial charge in [-0.3, -0.25) is 0 Å². The average Bonchev–Trinajstić information content (AvgIpc) is 2.57. The summed E-state index contributed by atoms with van der Waals surface area (Å²) in [6.45, 7) is -0.234. The fourth-order valence-corrected chi connectivity index (χ4v) is 2.44. The van der Waals surface area contributed by atoms with Crippen LogP contribution in [0.25, 0.3) is 0 Å². The average molecular weight is 376 g/mol. The number of nitrogens with zero attached hydrogens (tertiary/aromatic N) is 2. The lowest BCUT2D eigenvalue weighted by molar-refractivity contribution is -0.232. The van der Waals surface area contributed by atoms with Crippen molar-refractivity contribution in [2.75, 3.05) is 6.61 Å². The minimum absolute atomic E-state index is 0.0618. The first-order valence-corrected chi connectivity index (χ1v) is 7.94. The lowest BCUT2D eigenvalue weighted by Gasteiger charge is -2.40. The molecule has 5 atom stereocenters. The van der Waals surface area contributed by atoms with Crippen molar-refractivity contribution in [3.8, 4) is 0 Å². The van der Waals surface area contributed by atoms with Crippen LogP contribution in [0.3, 0.4) is 0 Å². The molecule has 0 bridgehead atoms. The van der Waals surface area contributed by atoms with Crippen LogP contribution in [0.2, 0.25) is 5.02 Å². The number of azo groups is 1. The molecule has 0 radical (unpaired) electrons. The fourth-order valence-electron chi connectivity index (χ4n) is 2.14. The summed E-state index contributed by atoms with van der Waals surface area (Å²) < 4.78 is 5.25. The second-order valence-electron chi connectivity index (χ2n) is 5.22. The maximum atomic E-state index is 9.88. The zero-order valence-corrected chi connectivity index (χ0v) is 14.1. The molecule has 1 aromatic carbocycles. The van der Waals surface area contributed by atoms with Gasteiger partial charge in [-0.1, -0.05) is 23.7 Å². The Morgan fingerprint density at radius 2 is 1.83 bits per heavy atom. The predicted molar refractivity (Wildman–Crippen MR) is 89.5 cm³/mol. The molecule has 1 aromatic rings. The first-order valence-electron chi connectivity index (χ1n) is 7.15. The Kier molecular flexibility index (Phi) is 6.99. The molecule has 1 aliphatic heterocycles. The minimum atomic E-state index is -1.48. The van der Waals surface area contributed by atoms with E-state index in [1.54, 1.807) is 24.3 Å². The standard InChI is InChI=1S/C14H18ClN3O5S/c15-8-3-1-7(2-4-8)5-16-18-14(24)17-13-12(22)11(21)10(20)9(6-19)23-13/h1-4,9-13,19-22H,5-6H2,(H,17,24)/t9-,10-,11+,12-,13-/m1/s1. The molecule has 8 nitrogen and oxygen atoms in total. The summed E-state index contributed by atoms with van der Waals surface area (Å²) in [5.74, 6) is 0. The van der Waals surface area contributed by atoms with E-state index >= 15 is 0 Å². The highest BCUT2D eigenvalue weighted by atomic mass is 35.5. The van der Waals surface area contributed by atoms with Gasteiger partial charge in [0.25, 0.3) is 0 Å². The third-order valence-electron chi connectivity index (χ3n) is 3.49. The Balaban J connectivity index is 1.88. The summed E-state index contributed by atoms with van der Waals surface area (Å²) in [7, 11) is 0. The molecule has 132 valence electrons. The van der Waals surface area contributed by atoms with Crippen molar-refractivity contribution >= 4 is 28.9 Å². The van der Waals surface area contributed by atoms with E-state index in [4.69, 9.17) is 33.7 Å². The van der Waals surface area contributed by atoms with Crippen LogP contribution in [0.1, 0.15) is 5.56 Å². The molecule has 24 heavy (non-hydrogen) atoms. The second kappa shape index (κ2) is 8.77. The van der Waals surface area contributed by atoms with Gasteiger partial charge in [-0.15, -0.1) is 5.11 Å². The molecule has 0 aromatic heterocycles. The molecule has 1 aliphatic rings. The van der Waals surface area contributed by atoms with Crippen LogP contribution in [0.15, 0.2) is 34.5 Å². The topological polar surface area (TPSA) is 127 Å². The summed E-state index contributed by atoms with van der Waals surface area (Å²) >= 11 is 10.8. The number of hydrogen-bond donors (Lipinski definition) is 5. The third-order valence-corrected chi connectivity index (χ3v) is 3.94. The Morgan fingerprint density at radius 3 is 2.46 bits per heavy atom. The Morgan fingerprint density at radius 1 is 1.17 bits per heavy atom. The van der Waals surface area contributed by atoms with Gasteiger partial charge < -0.3 is 30.5 Å². The number of aliphatic hydroxyl groups excluding tert-OH is 4. The monoisotopic (exact) mass is 375 g/mol. The maximum Gasteiger partial charge on any atom is 0.215 e. The highest BCUT2D eigenvalue weighted by Crippen LogP contribution is 2.19. The molecule has 1 saturated heterocycles. The summed E-state index contributed by atoms with van der Waals surface area (Å²) in [6, 6.07) is 7.07. The molecule has 10 heteroatoms. The normalized spacial score (nSPS) is 30.5. The Bertz CT molecular complexity index is 586. The van der Waals surface area contributed by atoms with Gasteiger partial charge >= 0.3 is 0 Å². The smallest absolute Gasteiger partial charge is 0.215 e. The van der Waals surface area contributed by atoms with Crippen LogP contribution in [0, 0.1) is 0 Å². The number of aliphatic hydroxyl groups is 4. The van der Waals surface area contributed by atoms with E-state index in [-0.39, 0.29) is 11.7 Å². The number of ether oxygens (including phenoxy) is 1. The molecule has 1 fully saturated rings. The van der Waals surface area contributed by atoms with Gasteiger partial charge in [-0.05, 0) is 29.9 Å². The van der Waals surface area contributed by atoms with Crippen molar-refractivity contribution in [1.82, 2.24) is 5.32 Å². The largest absolute Gasteiger partial charge is 0.394 e. The first-order chi connectivity index (χ1) is 11.4. The van der Waals surface area contributed by atoms with Crippen molar-refractivity contribution in [1.29, 1.82) is 0 Å². The van der Waals surface area contributed by atoms with Gasteiger partial charge in [-0.2, -0.15) is 5.11 Å².